The van der Waals surface area contributed by atoms with Gasteiger partial charge in [-0.25, -0.2) is 5.01 Å². The minimum atomic E-state index is -0.0207. The van der Waals surface area contributed by atoms with Gasteiger partial charge in [0.25, 0.3) is 0 Å². The Labute approximate surface area is 142 Å². The molecule has 0 bridgehead atoms. The summed E-state index contributed by atoms with van der Waals surface area (Å²) in [5, 5.41) is 6.04. The SMILES string of the molecule is C#CCN1N=C(c2ccc(OC)c(OC)c2)C2CCCCC2C1=O. The van der Waals surface area contributed by atoms with Crippen LogP contribution in [0.4, 0.5) is 0 Å². The minimum absolute atomic E-state index is 0.0207. The Morgan fingerprint density at radius 3 is 2.58 bits per heavy atom. The van der Waals surface area contributed by atoms with Gasteiger partial charge in [0.1, 0.15) is 6.54 Å². The van der Waals surface area contributed by atoms with Gasteiger partial charge in [0.15, 0.2) is 11.5 Å². The van der Waals surface area contributed by atoms with Gasteiger partial charge in [-0.05, 0) is 31.0 Å². The van der Waals surface area contributed by atoms with Crippen molar-refractivity contribution in [2.75, 3.05) is 20.8 Å². The third-order valence-electron chi connectivity index (χ3n) is 4.84. The molecule has 0 aromatic heterocycles. The Hall–Kier alpha value is -2.48. The Bertz CT molecular complexity index is 705. The van der Waals surface area contributed by atoms with Crippen molar-refractivity contribution in [3.63, 3.8) is 0 Å². The molecule has 3 rings (SSSR count). The van der Waals surface area contributed by atoms with Crippen molar-refractivity contribution in [1.82, 2.24) is 5.01 Å². The Morgan fingerprint density at radius 1 is 1.21 bits per heavy atom. The number of hydrogen-bond acceptors (Lipinski definition) is 4. The molecule has 1 aromatic rings. The molecule has 0 N–H and O–H groups in total. The average molecular weight is 326 g/mol. The highest BCUT2D eigenvalue weighted by Gasteiger charge is 2.41. The predicted octanol–water partition coefficient (Wildman–Crippen LogP) is 2.69. The van der Waals surface area contributed by atoms with Gasteiger partial charge in [-0.2, -0.15) is 5.10 Å². The molecule has 1 saturated carbocycles. The van der Waals surface area contributed by atoms with Gasteiger partial charge in [-0.15, -0.1) is 6.42 Å². The second-order valence-corrected chi connectivity index (χ2v) is 6.15. The number of nitrogens with zero attached hydrogens (tertiary/aromatic N) is 2. The number of amides is 1. The van der Waals surface area contributed by atoms with Gasteiger partial charge in [0.05, 0.1) is 19.9 Å². The molecule has 1 aromatic carbocycles. The molecule has 1 fully saturated rings. The van der Waals surface area contributed by atoms with Crippen molar-refractivity contribution in [2.45, 2.75) is 25.7 Å². The number of carbonyl (C=O) groups is 1. The van der Waals surface area contributed by atoms with Crippen molar-refractivity contribution < 1.29 is 14.3 Å². The number of hydrogen-bond donors (Lipinski definition) is 0. The monoisotopic (exact) mass is 326 g/mol. The molecule has 2 aliphatic rings. The number of benzene rings is 1. The minimum Gasteiger partial charge on any atom is -0.493 e. The summed E-state index contributed by atoms with van der Waals surface area (Å²) in [6.07, 6.45) is 9.49. The molecule has 2 unspecified atom stereocenters. The van der Waals surface area contributed by atoms with E-state index in [1.165, 1.54) is 5.01 Å². The Kier molecular flexibility index (Phi) is 4.75. The van der Waals surface area contributed by atoms with Crippen LogP contribution in [0.25, 0.3) is 0 Å². The van der Waals surface area contributed by atoms with E-state index in [0.29, 0.717) is 11.5 Å². The van der Waals surface area contributed by atoms with E-state index in [-0.39, 0.29) is 24.3 Å². The first kappa shape index (κ1) is 16.4. The number of fused-ring (bicyclic) bond motifs is 1. The highest BCUT2D eigenvalue weighted by Crippen LogP contribution is 2.38. The van der Waals surface area contributed by atoms with E-state index in [4.69, 9.17) is 15.9 Å². The number of ether oxygens (including phenoxy) is 2. The standard InChI is InChI=1S/C19H22N2O3/c1-4-11-21-19(22)15-8-6-5-7-14(15)18(20-21)13-9-10-16(23-2)17(12-13)24-3/h1,9-10,12,14-15H,5-8,11H2,2-3H3. The summed E-state index contributed by atoms with van der Waals surface area (Å²) in [7, 11) is 3.22. The van der Waals surface area contributed by atoms with Crippen LogP contribution in [0.2, 0.25) is 0 Å². The third kappa shape index (κ3) is 2.84. The summed E-state index contributed by atoms with van der Waals surface area (Å²) in [5.74, 6) is 4.05. The van der Waals surface area contributed by atoms with Crippen LogP contribution < -0.4 is 9.47 Å². The number of terminal acetylenes is 1. The fourth-order valence-corrected chi connectivity index (χ4v) is 3.67. The first-order valence-corrected chi connectivity index (χ1v) is 8.25. The summed E-state index contributed by atoms with van der Waals surface area (Å²) < 4.78 is 10.7. The number of carbonyl (C=O) groups excluding carboxylic acids is 1. The number of rotatable bonds is 4. The van der Waals surface area contributed by atoms with Crippen LogP contribution >= 0.6 is 0 Å². The van der Waals surface area contributed by atoms with Gasteiger partial charge in [0, 0.05) is 17.4 Å². The lowest BCUT2D eigenvalue weighted by Crippen LogP contribution is -2.46. The molecular weight excluding hydrogens is 304 g/mol. The van der Waals surface area contributed by atoms with E-state index < -0.39 is 0 Å². The van der Waals surface area contributed by atoms with Crippen molar-refractivity contribution in [3.8, 4) is 23.8 Å². The second kappa shape index (κ2) is 6.96. The molecule has 126 valence electrons. The first-order valence-electron chi connectivity index (χ1n) is 8.25. The van der Waals surface area contributed by atoms with Crippen LogP contribution in [0.15, 0.2) is 23.3 Å². The smallest absolute Gasteiger partial charge is 0.247 e. The zero-order valence-electron chi connectivity index (χ0n) is 14.1. The lowest BCUT2D eigenvalue weighted by atomic mass is 9.73. The summed E-state index contributed by atoms with van der Waals surface area (Å²) in [5.41, 5.74) is 1.88. The zero-order valence-corrected chi connectivity index (χ0v) is 14.1. The Balaban J connectivity index is 2.04. The molecule has 5 nitrogen and oxygen atoms in total. The van der Waals surface area contributed by atoms with Gasteiger partial charge in [-0.3, -0.25) is 4.79 Å². The third-order valence-corrected chi connectivity index (χ3v) is 4.84. The highest BCUT2D eigenvalue weighted by molar-refractivity contribution is 6.07. The fraction of sp³-hybridized carbons (Fsp3) is 0.474. The maximum Gasteiger partial charge on any atom is 0.247 e. The zero-order chi connectivity index (χ0) is 17.1. The number of hydrazone groups is 1. The molecule has 0 spiro atoms. The molecule has 0 saturated heterocycles. The van der Waals surface area contributed by atoms with Crippen LogP contribution in [0.5, 0.6) is 11.5 Å². The van der Waals surface area contributed by atoms with Crippen LogP contribution in [0, 0.1) is 24.2 Å². The lowest BCUT2D eigenvalue weighted by Gasteiger charge is -2.38. The van der Waals surface area contributed by atoms with Crippen molar-refractivity contribution in [3.05, 3.63) is 23.8 Å². The molecule has 1 aliphatic heterocycles. The largest absolute Gasteiger partial charge is 0.493 e. The van der Waals surface area contributed by atoms with Gasteiger partial charge in [-0.1, -0.05) is 18.8 Å². The van der Waals surface area contributed by atoms with E-state index in [2.05, 4.69) is 11.0 Å². The van der Waals surface area contributed by atoms with Crippen LogP contribution in [0.3, 0.4) is 0 Å². The summed E-state index contributed by atoms with van der Waals surface area (Å²) in [6.45, 7) is 0.207. The van der Waals surface area contributed by atoms with E-state index in [0.717, 1.165) is 37.0 Å². The van der Waals surface area contributed by atoms with Crippen molar-refractivity contribution in [2.24, 2.45) is 16.9 Å². The summed E-state index contributed by atoms with van der Waals surface area (Å²) in [6, 6.07) is 5.76. The highest BCUT2D eigenvalue weighted by atomic mass is 16.5. The van der Waals surface area contributed by atoms with Gasteiger partial charge >= 0.3 is 0 Å². The first-order chi connectivity index (χ1) is 11.7. The van der Waals surface area contributed by atoms with Crippen LogP contribution in [0.1, 0.15) is 31.2 Å². The molecule has 24 heavy (non-hydrogen) atoms. The van der Waals surface area contributed by atoms with Crippen LogP contribution in [-0.4, -0.2) is 37.4 Å². The van der Waals surface area contributed by atoms with E-state index in [1.807, 2.05) is 18.2 Å². The lowest BCUT2D eigenvalue weighted by molar-refractivity contribution is -0.138. The number of methoxy groups -OCH3 is 2. The maximum absolute atomic E-state index is 12.6. The predicted molar refractivity (Wildman–Crippen MR) is 92.1 cm³/mol. The molecule has 2 atom stereocenters. The molecule has 0 radical (unpaired) electrons. The quantitative estimate of drug-likeness (QED) is 0.799. The molecule has 1 heterocycles. The van der Waals surface area contributed by atoms with Crippen molar-refractivity contribution >= 4 is 11.6 Å². The molecule has 5 heteroatoms. The van der Waals surface area contributed by atoms with Gasteiger partial charge in [0.2, 0.25) is 5.91 Å². The van der Waals surface area contributed by atoms with Crippen LogP contribution in [-0.2, 0) is 4.79 Å². The normalized spacial score (nSPS) is 23.1. The molecule has 1 amide bonds. The topological polar surface area (TPSA) is 51.1 Å². The van der Waals surface area contributed by atoms with Gasteiger partial charge < -0.3 is 9.47 Å². The fourth-order valence-electron chi connectivity index (χ4n) is 3.67. The van der Waals surface area contributed by atoms with E-state index in [1.54, 1.807) is 14.2 Å². The molecule has 1 aliphatic carbocycles. The Morgan fingerprint density at radius 2 is 1.92 bits per heavy atom. The van der Waals surface area contributed by atoms with Crippen molar-refractivity contribution in [1.29, 1.82) is 0 Å². The summed E-state index contributed by atoms with van der Waals surface area (Å²) >= 11 is 0. The average Bonchev–Trinajstić information content (AvgIpc) is 2.63. The molecular formula is C19H22N2O3. The van der Waals surface area contributed by atoms with E-state index in [9.17, 15) is 4.79 Å². The second-order valence-electron chi connectivity index (χ2n) is 6.15. The summed E-state index contributed by atoms with van der Waals surface area (Å²) in [4.78, 5) is 12.6. The maximum atomic E-state index is 12.6. The van der Waals surface area contributed by atoms with E-state index >= 15 is 0 Å².